The first-order valence-electron chi connectivity index (χ1n) is 6.96. The quantitative estimate of drug-likeness (QED) is 0.868. The van der Waals surface area contributed by atoms with Crippen molar-refractivity contribution in [2.24, 2.45) is 0 Å². The summed E-state index contributed by atoms with van der Waals surface area (Å²) in [5.41, 5.74) is 2.03. The molecule has 1 atom stereocenters. The molecule has 0 aromatic heterocycles. The Balaban J connectivity index is 1.48. The van der Waals surface area contributed by atoms with Crippen LogP contribution in [-0.2, 0) is 0 Å². The molecule has 21 heavy (non-hydrogen) atoms. The summed E-state index contributed by atoms with van der Waals surface area (Å²) in [7, 11) is 0. The highest BCUT2D eigenvalue weighted by atomic mass is 32.2. The molecule has 0 amide bonds. The van der Waals surface area contributed by atoms with Crippen molar-refractivity contribution < 1.29 is 14.3 Å². The Hall–Kier alpha value is -1.94. The van der Waals surface area contributed by atoms with Crippen molar-refractivity contribution in [1.82, 2.24) is 0 Å². The van der Waals surface area contributed by atoms with E-state index in [0.717, 1.165) is 11.5 Å². The van der Waals surface area contributed by atoms with Crippen LogP contribution in [-0.4, -0.2) is 24.7 Å². The van der Waals surface area contributed by atoms with Gasteiger partial charge in [-0.3, -0.25) is 4.79 Å². The highest BCUT2D eigenvalue weighted by Gasteiger charge is 2.24. The van der Waals surface area contributed by atoms with Crippen molar-refractivity contribution in [2.75, 3.05) is 19.0 Å². The fourth-order valence-corrected chi connectivity index (χ4v) is 3.96. The van der Waals surface area contributed by atoms with Crippen molar-refractivity contribution in [3.63, 3.8) is 0 Å². The Morgan fingerprint density at radius 2 is 2.14 bits per heavy atom. The molecule has 3 nitrogen and oxygen atoms in total. The minimum absolute atomic E-state index is 0.0395. The normalized spacial score (nSPS) is 19.0. The number of hydrogen-bond acceptors (Lipinski definition) is 4. The predicted molar refractivity (Wildman–Crippen MR) is 81.7 cm³/mol. The third kappa shape index (κ3) is 2.29. The molecule has 4 rings (SSSR count). The lowest BCUT2D eigenvalue weighted by Crippen LogP contribution is -2.09. The highest BCUT2D eigenvalue weighted by Crippen LogP contribution is 2.39. The van der Waals surface area contributed by atoms with Gasteiger partial charge in [-0.2, -0.15) is 0 Å². The van der Waals surface area contributed by atoms with Gasteiger partial charge in [0.1, 0.15) is 11.5 Å². The van der Waals surface area contributed by atoms with Crippen LogP contribution in [0.3, 0.4) is 0 Å². The summed E-state index contributed by atoms with van der Waals surface area (Å²) in [4.78, 5) is 12.9. The molecule has 2 aliphatic rings. The molecule has 2 aromatic carbocycles. The average molecular weight is 298 g/mol. The van der Waals surface area contributed by atoms with E-state index < -0.39 is 0 Å². The molecule has 1 unspecified atom stereocenters. The third-order valence-corrected chi connectivity index (χ3v) is 5.11. The smallest absolute Gasteiger partial charge is 0.203 e. The number of thioether (sulfide) groups is 1. The lowest BCUT2D eigenvalue weighted by atomic mass is 10.0. The number of benzene rings is 2. The Kier molecular flexibility index (Phi) is 3.11. The van der Waals surface area contributed by atoms with Crippen molar-refractivity contribution in [3.8, 4) is 11.5 Å². The third-order valence-electron chi connectivity index (χ3n) is 3.86. The second-order valence-corrected chi connectivity index (χ2v) is 6.29. The molecule has 0 fully saturated rings. The van der Waals surface area contributed by atoms with Crippen LogP contribution in [0.4, 0.5) is 0 Å². The zero-order valence-corrected chi connectivity index (χ0v) is 12.2. The van der Waals surface area contributed by atoms with Crippen LogP contribution in [0.5, 0.6) is 11.5 Å². The summed E-state index contributed by atoms with van der Waals surface area (Å²) in [5.74, 6) is 2.91. The fraction of sp³-hybridized carbons (Fsp3) is 0.235. The molecule has 0 N–H and O–H groups in total. The molecule has 4 heteroatoms. The van der Waals surface area contributed by atoms with E-state index in [1.807, 2.05) is 23.9 Å². The first-order valence-corrected chi connectivity index (χ1v) is 7.94. The van der Waals surface area contributed by atoms with E-state index in [0.29, 0.717) is 23.8 Å². The highest BCUT2D eigenvalue weighted by molar-refractivity contribution is 7.99. The van der Waals surface area contributed by atoms with Crippen LogP contribution >= 0.6 is 11.8 Å². The van der Waals surface area contributed by atoms with Crippen LogP contribution < -0.4 is 9.47 Å². The zero-order valence-electron chi connectivity index (χ0n) is 11.4. The molecule has 0 radical (unpaired) electrons. The molecule has 2 heterocycles. The van der Waals surface area contributed by atoms with Crippen molar-refractivity contribution in [3.05, 3.63) is 53.6 Å². The van der Waals surface area contributed by atoms with Gasteiger partial charge in [-0.05, 0) is 23.8 Å². The van der Waals surface area contributed by atoms with Gasteiger partial charge in [-0.1, -0.05) is 18.2 Å². The average Bonchev–Trinajstić information content (AvgIpc) is 3.09. The second kappa shape index (κ2) is 5.11. The largest absolute Gasteiger partial charge is 0.493 e. The van der Waals surface area contributed by atoms with E-state index in [-0.39, 0.29) is 12.4 Å². The maximum Gasteiger partial charge on any atom is 0.203 e. The van der Waals surface area contributed by atoms with Crippen LogP contribution in [0.25, 0.3) is 0 Å². The topological polar surface area (TPSA) is 35.5 Å². The van der Waals surface area contributed by atoms with Crippen LogP contribution in [0.2, 0.25) is 0 Å². The summed E-state index contributed by atoms with van der Waals surface area (Å²) in [5, 5.41) is 0. The van der Waals surface area contributed by atoms with Crippen molar-refractivity contribution in [2.45, 2.75) is 10.8 Å². The van der Waals surface area contributed by atoms with E-state index in [1.165, 1.54) is 10.5 Å². The van der Waals surface area contributed by atoms with E-state index in [9.17, 15) is 4.79 Å². The Morgan fingerprint density at radius 3 is 3.10 bits per heavy atom. The maximum absolute atomic E-state index is 11.5. The van der Waals surface area contributed by atoms with Crippen LogP contribution in [0, 0.1) is 0 Å². The van der Waals surface area contributed by atoms with Crippen molar-refractivity contribution in [1.29, 1.82) is 0 Å². The molecule has 0 saturated carbocycles. The number of ketones is 1. The number of ether oxygens (including phenoxy) is 2. The first-order chi connectivity index (χ1) is 10.3. The van der Waals surface area contributed by atoms with Gasteiger partial charge >= 0.3 is 0 Å². The Bertz CT molecular complexity index is 711. The van der Waals surface area contributed by atoms with E-state index in [1.54, 1.807) is 6.07 Å². The summed E-state index contributed by atoms with van der Waals surface area (Å²) < 4.78 is 11.2. The molecule has 106 valence electrons. The van der Waals surface area contributed by atoms with E-state index >= 15 is 0 Å². The first kappa shape index (κ1) is 12.8. The van der Waals surface area contributed by atoms with Gasteiger partial charge in [0.05, 0.1) is 12.2 Å². The van der Waals surface area contributed by atoms with Gasteiger partial charge in [0.2, 0.25) is 5.78 Å². The molecular formula is C17H14O3S. The van der Waals surface area contributed by atoms with Gasteiger partial charge in [-0.25, -0.2) is 0 Å². The monoisotopic (exact) mass is 298 g/mol. The Morgan fingerprint density at radius 1 is 1.24 bits per heavy atom. The van der Waals surface area contributed by atoms with E-state index in [4.69, 9.17) is 9.47 Å². The number of rotatable bonds is 3. The van der Waals surface area contributed by atoms with Gasteiger partial charge in [0.15, 0.2) is 6.61 Å². The molecule has 0 bridgehead atoms. The summed E-state index contributed by atoms with van der Waals surface area (Å²) >= 11 is 1.88. The van der Waals surface area contributed by atoms with Crippen LogP contribution in [0.15, 0.2) is 47.4 Å². The summed E-state index contributed by atoms with van der Waals surface area (Å²) in [6.45, 7) is 0.794. The number of hydrogen-bond donors (Lipinski definition) is 0. The molecule has 2 aromatic rings. The fourth-order valence-electron chi connectivity index (χ4n) is 2.73. The number of fused-ring (bicyclic) bond motifs is 2. The van der Waals surface area contributed by atoms with Gasteiger partial charge in [0, 0.05) is 22.6 Å². The standard InChI is InChI=1S/C17H14O3S/c18-15-9-20-16-7-12(5-6-14(15)16)19-8-11-10-21-17-4-2-1-3-13(11)17/h1-7,11H,8-10H2. The summed E-state index contributed by atoms with van der Waals surface area (Å²) in [6, 6.07) is 13.9. The molecular weight excluding hydrogens is 284 g/mol. The SMILES string of the molecule is O=C1COc2cc(OCC3CSc4ccccc43)ccc21. The minimum Gasteiger partial charge on any atom is -0.493 e. The molecule has 0 spiro atoms. The Labute approximate surface area is 127 Å². The van der Waals surface area contributed by atoms with Crippen molar-refractivity contribution >= 4 is 17.5 Å². The number of carbonyl (C=O) groups excluding carboxylic acids is 1. The van der Waals surface area contributed by atoms with Crippen LogP contribution in [0.1, 0.15) is 21.8 Å². The number of carbonyl (C=O) groups is 1. The van der Waals surface area contributed by atoms with Gasteiger partial charge in [-0.15, -0.1) is 11.8 Å². The van der Waals surface area contributed by atoms with E-state index in [2.05, 4.69) is 24.3 Å². The lowest BCUT2D eigenvalue weighted by molar-refractivity contribution is 0.0961. The van der Waals surface area contributed by atoms with Gasteiger partial charge < -0.3 is 9.47 Å². The molecule has 0 aliphatic carbocycles. The minimum atomic E-state index is 0.0395. The predicted octanol–water partition coefficient (Wildman–Crippen LogP) is 3.53. The molecule has 2 aliphatic heterocycles. The number of Topliss-reactive ketones (excluding diaryl/α,β-unsaturated/α-hetero) is 1. The van der Waals surface area contributed by atoms with Gasteiger partial charge in [0.25, 0.3) is 0 Å². The molecule has 0 saturated heterocycles. The maximum atomic E-state index is 11.5. The summed E-state index contributed by atoms with van der Waals surface area (Å²) in [6.07, 6.45) is 0. The lowest BCUT2D eigenvalue weighted by Gasteiger charge is -2.13. The zero-order chi connectivity index (χ0) is 14.2. The second-order valence-electron chi connectivity index (χ2n) is 5.23.